The standard InChI is InChI=1S/C15H27NO2/c1-12(11-14-3-2-4-14)16-9-7-13(8-10-16)5-6-15(17)18/h12-14H,2-11H2,1H3,(H,17,18). The number of carboxylic acids is 1. The zero-order valence-electron chi connectivity index (χ0n) is 11.6. The Morgan fingerprint density at radius 1 is 1.22 bits per heavy atom. The van der Waals surface area contributed by atoms with E-state index in [0.717, 1.165) is 18.4 Å². The Balaban J connectivity index is 1.64. The van der Waals surface area contributed by atoms with Gasteiger partial charge in [0.1, 0.15) is 0 Å². The van der Waals surface area contributed by atoms with Crippen LogP contribution >= 0.6 is 0 Å². The average molecular weight is 253 g/mol. The van der Waals surface area contributed by atoms with Crippen molar-refractivity contribution in [1.82, 2.24) is 4.90 Å². The molecule has 3 heteroatoms. The Morgan fingerprint density at radius 3 is 2.39 bits per heavy atom. The first kappa shape index (κ1) is 13.9. The number of hydrogen-bond acceptors (Lipinski definition) is 2. The number of hydrogen-bond donors (Lipinski definition) is 1. The molecule has 0 spiro atoms. The number of carbonyl (C=O) groups is 1. The highest BCUT2D eigenvalue weighted by Gasteiger charge is 2.26. The van der Waals surface area contributed by atoms with Crippen molar-refractivity contribution in [2.24, 2.45) is 11.8 Å². The van der Waals surface area contributed by atoms with Crippen LogP contribution in [0.2, 0.25) is 0 Å². The Hall–Kier alpha value is -0.570. The van der Waals surface area contributed by atoms with Crippen LogP contribution in [0.25, 0.3) is 0 Å². The maximum absolute atomic E-state index is 10.6. The molecule has 1 unspecified atom stereocenters. The Morgan fingerprint density at radius 2 is 1.89 bits per heavy atom. The first-order valence-corrected chi connectivity index (χ1v) is 7.61. The van der Waals surface area contributed by atoms with Gasteiger partial charge in [-0.3, -0.25) is 4.79 Å². The van der Waals surface area contributed by atoms with E-state index < -0.39 is 5.97 Å². The third-order valence-corrected chi connectivity index (χ3v) is 4.94. The summed E-state index contributed by atoms with van der Waals surface area (Å²) in [6.45, 7) is 4.73. The van der Waals surface area contributed by atoms with Crippen LogP contribution < -0.4 is 0 Å². The van der Waals surface area contributed by atoms with Gasteiger partial charge in [-0.25, -0.2) is 0 Å². The number of rotatable bonds is 6. The monoisotopic (exact) mass is 253 g/mol. The van der Waals surface area contributed by atoms with E-state index in [4.69, 9.17) is 5.11 Å². The molecule has 0 aromatic rings. The summed E-state index contributed by atoms with van der Waals surface area (Å²) < 4.78 is 0. The lowest BCUT2D eigenvalue weighted by Gasteiger charge is -2.39. The van der Waals surface area contributed by atoms with E-state index in [-0.39, 0.29) is 0 Å². The first-order chi connectivity index (χ1) is 8.65. The Bertz CT molecular complexity index is 268. The number of nitrogens with zero attached hydrogens (tertiary/aromatic N) is 1. The quantitative estimate of drug-likeness (QED) is 0.790. The van der Waals surface area contributed by atoms with E-state index in [9.17, 15) is 4.79 Å². The van der Waals surface area contributed by atoms with Crippen molar-refractivity contribution in [2.45, 2.75) is 64.3 Å². The minimum atomic E-state index is -0.643. The zero-order valence-corrected chi connectivity index (χ0v) is 11.6. The van der Waals surface area contributed by atoms with Gasteiger partial charge in [-0.2, -0.15) is 0 Å². The number of aliphatic carboxylic acids is 1. The predicted molar refractivity (Wildman–Crippen MR) is 72.6 cm³/mol. The SMILES string of the molecule is CC(CC1CCC1)N1CCC(CCC(=O)O)CC1. The fraction of sp³-hybridized carbons (Fsp3) is 0.933. The van der Waals surface area contributed by atoms with Crippen LogP contribution in [0.4, 0.5) is 0 Å². The second-order valence-electron chi connectivity index (χ2n) is 6.29. The third-order valence-electron chi connectivity index (χ3n) is 4.94. The summed E-state index contributed by atoms with van der Waals surface area (Å²) in [5, 5.41) is 8.71. The topological polar surface area (TPSA) is 40.5 Å². The molecule has 1 saturated carbocycles. The highest BCUT2D eigenvalue weighted by atomic mass is 16.4. The van der Waals surface area contributed by atoms with Gasteiger partial charge in [0.25, 0.3) is 0 Å². The van der Waals surface area contributed by atoms with Gasteiger partial charge in [-0.1, -0.05) is 19.3 Å². The second kappa shape index (κ2) is 6.55. The molecule has 0 amide bonds. The molecule has 1 aliphatic heterocycles. The molecular formula is C15H27NO2. The normalized spacial score (nSPS) is 24.7. The van der Waals surface area contributed by atoms with Crippen molar-refractivity contribution in [3.63, 3.8) is 0 Å². The van der Waals surface area contributed by atoms with Gasteiger partial charge in [-0.15, -0.1) is 0 Å². The van der Waals surface area contributed by atoms with Crippen molar-refractivity contribution in [3.05, 3.63) is 0 Å². The van der Waals surface area contributed by atoms with Gasteiger partial charge < -0.3 is 10.0 Å². The van der Waals surface area contributed by atoms with Gasteiger partial charge in [0.05, 0.1) is 0 Å². The molecule has 1 aliphatic carbocycles. The highest BCUT2D eigenvalue weighted by Crippen LogP contribution is 2.32. The summed E-state index contributed by atoms with van der Waals surface area (Å²) in [6.07, 6.45) is 9.32. The van der Waals surface area contributed by atoms with Gasteiger partial charge in [-0.05, 0) is 57.5 Å². The summed E-state index contributed by atoms with van der Waals surface area (Å²) in [5.41, 5.74) is 0. The van der Waals surface area contributed by atoms with Gasteiger partial charge >= 0.3 is 5.97 Å². The van der Waals surface area contributed by atoms with E-state index in [2.05, 4.69) is 11.8 Å². The Kier molecular flexibility index (Phi) is 5.04. The Labute approximate surface area is 111 Å². The smallest absolute Gasteiger partial charge is 0.303 e. The molecule has 3 nitrogen and oxygen atoms in total. The number of piperidine rings is 1. The van der Waals surface area contributed by atoms with E-state index in [1.54, 1.807) is 0 Å². The second-order valence-corrected chi connectivity index (χ2v) is 6.29. The summed E-state index contributed by atoms with van der Waals surface area (Å²) in [6, 6.07) is 0.732. The molecule has 2 rings (SSSR count). The van der Waals surface area contributed by atoms with Crippen molar-refractivity contribution in [2.75, 3.05) is 13.1 Å². The van der Waals surface area contributed by atoms with Crippen LogP contribution in [-0.2, 0) is 4.79 Å². The van der Waals surface area contributed by atoms with Crippen molar-refractivity contribution < 1.29 is 9.90 Å². The average Bonchev–Trinajstić information content (AvgIpc) is 2.31. The summed E-state index contributed by atoms with van der Waals surface area (Å²) in [4.78, 5) is 13.2. The van der Waals surface area contributed by atoms with E-state index in [1.165, 1.54) is 51.6 Å². The molecule has 2 fully saturated rings. The lowest BCUT2D eigenvalue weighted by atomic mass is 9.80. The number of likely N-dealkylation sites (tertiary alicyclic amines) is 1. The van der Waals surface area contributed by atoms with E-state index in [0.29, 0.717) is 12.3 Å². The maximum Gasteiger partial charge on any atom is 0.303 e. The van der Waals surface area contributed by atoms with Crippen LogP contribution in [0.5, 0.6) is 0 Å². The molecule has 0 radical (unpaired) electrons. The molecule has 1 atom stereocenters. The molecule has 1 heterocycles. The molecule has 1 saturated heterocycles. The van der Waals surface area contributed by atoms with Crippen molar-refractivity contribution in [3.8, 4) is 0 Å². The van der Waals surface area contributed by atoms with Gasteiger partial charge in [0, 0.05) is 12.5 Å². The summed E-state index contributed by atoms with van der Waals surface area (Å²) in [7, 11) is 0. The van der Waals surface area contributed by atoms with Crippen LogP contribution in [0.1, 0.15) is 58.3 Å². The van der Waals surface area contributed by atoms with Crippen LogP contribution in [0, 0.1) is 11.8 Å². The molecule has 1 N–H and O–H groups in total. The molecule has 2 aliphatic rings. The van der Waals surface area contributed by atoms with Gasteiger partial charge in [0.2, 0.25) is 0 Å². The van der Waals surface area contributed by atoms with Gasteiger partial charge in [0.15, 0.2) is 0 Å². The summed E-state index contributed by atoms with van der Waals surface area (Å²) in [5.74, 6) is 0.994. The molecule has 0 aromatic carbocycles. The lowest BCUT2D eigenvalue weighted by molar-refractivity contribution is -0.137. The van der Waals surface area contributed by atoms with Crippen molar-refractivity contribution >= 4 is 5.97 Å². The molecule has 18 heavy (non-hydrogen) atoms. The minimum absolute atomic E-state index is 0.349. The van der Waals surface area contributed by atoms with Crippen LogP contribution in [0.3, 0.4) is 0 Å². The lowest BCUT2D eigenvalue weighted by Crippen LogP contribution is -2.41. The predicted octanol–water partition coefficient (Wildman–Crippen LogP) is 3.14. The fourth-order valence-corrected chi connectivity index (χ4v) is 3.37. The molecule has 0 bridgehead atoms. The maximum atomic E-state index is 10.6. The largest absolute Gasteiger partial charge is 0.481 e. The summed E-state index contributed by atoms with van der Waals surface area (Å²) >= 11 is 0. The zero-order chi connectivity index (χ0) is 13.0. The fourth-order valence-electron chi connectivity index (χ4n) is 3.37. The third kappa shape index (κ3) is 3.98. The number of carboxylic acid groups (broad SMARTS) is 1. The molecule has 0 aromatic heterocycles. The first-order valence-electron chi connectivity index (χ1n) is 7.61. The molecular weight excluding hydrogens is 226 g/mol. The highest BCUT2D eigenvalue weighted by molar-refractivity contribution is 5.66. The minimum Gasteiger partial charge on any atom is -0.481 e. The van der Waals surface area contributed by atoms with E-state index in [1.807, 2.05) is 0 Å². The van der Waals surface area contributed by atoms with E-state index >= 15 is 0 Å². The van der Waals surface area contributed by atoms with Crippen LogP contribution in [0.15, 0.2) is 0 Å². The van der Waals surface area contributed by atoms with Crippen molar-refractivity contribution in [1.29, 1.82) is 0 Å². The molecule has 104 valence electrons. The van der Waals surface area contributed by atoms with Crippen LogP contribution in [-0.4, -0.2) is 35.1 Å².